The van der Waals surface area contributed by atoms with Crippen molar-refractivity contribution in [2.24, 2.45) is 0 Å². The molecule has 0 saturated heterocycles. The Hall–Kier alpha value is -0.326. The monoisotopic (exact) mass is 163 g/mol. The molecule has 0 aliphatic carbocycles. The fraction of sp³-hybridized carbons (Fsp3) is 0.500. The molecule has 0 fully saturated rings. The van der Waals surface area contributed by atoms with Crippen molar-refractivity contribution in [3.63, 3.8) is 0 Å². The molecule has 54 valence electrons. The van der Waals surface area contributed by atoms with E-state index in [2.05, 4.69) is 15.4 Å². The van der Waals surface area contributed by atoms with Gasteiger partial charge in [-0.3, -0.25) is 0 Å². The summed E-state index contributed by atoms with van der Waals surface area (Å²) in [5.74, 6) is 0. The topological polar surface area (TPSA) is 51.2 Å². The van der Waals surface area contributed by atoms with Crippen LogP contribution in [0.3, 0.4) is 0 Å². The van der Waals surface area contributed by atoms with E-state index in [9.17, 15) is 0 Å². The minimum atomic E-state index is 0. The fourth-order valence-corrected chi connectivity index (χ4v) is 0. The third-order valence-electron chi connectivity index (χ3n) is 0. The van der Waals surface area contributed by atoms with Crippen molar-refractivity contribution in [3.8, 4) is 0 Å². The number of carbonyl (C=O) groups excluding carboxylic acids is 2. The van der Waals surface area contributed by atoms with Gasteiger partial charge in [0.25, 0.3) is 0 Å². The Morgan fingerprint density at radius 2 is 1.12 bits per heavy atom. The molecule has 0 unspecified atom stereocenters. The average Bonchev–Trinajstić information content (AvgIpc) is 1.78. The van der Waals surface area contributed by atoms with Gasteiger partial charge in [0.1, 0.15) is 0 Å². The third-order valence-corrected chi connectivity index (χ3v) is 0. The van der Waals surface area contributed by atoms with Gasteiger partial charge in [0.15, 0.2) is 0 Å². The van der Waals surface area contributed by atoms with Crippen LogP contribution in [0.15, 0.2) is 0 Å². The van der Waals surface area contributed by atoms with Crippen LogP contribution in [0.4, 0.5) is 0 Å². The zero-order valence-electron chi connectivity index (χ0n) is 5.04. The van der Waals surface area contributed by atoms with Crippen molar-refractivity contribution < 1.29 is 28.9 Å². The van der Waals surface area contributed by atoms with E-state index in [-0.39, 0.29) is 13.6 Å². The van der Waals surface area contributed by atoms with Crippen molar-refractivity contribution >= 4 is 6.15 Å². The van der Waals surface area contributed by atoms with Gasteiger partial charge in [-0.2, -0.15) is 9.59 Å². The van der Waals surface area contributed by atoms with Crippen molar-refractivity contribution in [1.29, 1.82) is 0 Å². The van der Waals surface area contributed by atoms with Gasteiger partial charge in [-0.15, -0.1) is 0 Å². The summed E-state index contributed by atoms with van der Waals surface area (Å²) in [7, 11) is 0. The van der Waals surface area contributed by atoms with Crippen molar-refractivity contribution in [1.82, 2.24) is 0 Å². The molecule has 4 heteroatoms. The Morgan fingerprint density at radius 1 is 1.12 bits per heavy atom. The van der Waals surface area contributed by atoms with Gasteiger partial charge in [0.05, 0.1) is 0 Å². The first-order valence-corrected chi connectivity index (χ1v) is 1.94. The van der Waals surface area contributed by atoms with Crippen molar-refractivity contribution in [3.05, 3.63) is 7.43 Å². The summed E-state index contributed by atoms with van der Waals surface area (Å²) in [6.07, 6.45) is 0.250. The second-order valence-corrected chi connectivity index (χ2v) is 0.0833. The molecule has 3 nitrogen and oxygen atoms in total. The molecule has 0 aromatic carbocycles. The van der Waals surface area contributed by atoms with Gasteiger partial charge in [-0.05, 0) is 0 Å². The van der Waals surface area contributed by atoms with Crippen LogP contribution in [0.2, 0.25) is 0 Å². The minimum absolute atomic E-state index is 0. The van der Waals surface area contributed by atoms with Crippen molar-refractivity contribution in [2.45, 2.75) is 13.8 Å². The molecule has 0 aliphatic rings. The first kappa shape index (κ1) is 25.3. The first-order chi connectivity index (χ1) is 3.41. The molecule has 8 heavy (non-hydrogen) atoms. The van der Waals surface area contributed by atoms with Crippen LogP contribution in [0, 0.1) is 7.43 Å². The summed E-state index contributed by atoms with van der Waals surface area (Å²) in [6.45, 7) is 4.00. The normalized spacial score (nSPS) is 2.50. The van der Waals surface area contributed by atoms with Gasteiger partial charge in [0.2, 0.25) is 0 Å². The average molecular weight is 164 g/mol. The van der Waals surface area contributed by atoms with Crippen LogP contribution < -0.4 is 0 Å². The second-order valence-electron chi connectivity index (χ2n) is 0.0833. The van der Waals surface area contributed by atoms with Crippen molar-refractivity contribution in [2.75, 3.05) is 0 Å². The van der Waals surface area contributed by atoms with E-state index in [4.69, 9.17) is 13.5 Å². The Morgan fingerprint density at radius 3 is 1.12 bits per heavy atom. The zero-order valence-corrected chi connectivity index (χ0v) is 6.03. The molecule has 0 bridgehead atoms. The molecule has 0 rings (SSSR count). The van der Waals surface area contributed by atoms with Gasteiger partial charge in [0, 0.05) is 0 Å². The van der Waals surface area contributed by atoms with Gasteiger partial charge < -0.3 is 7.43 Å². The molecule has 0 saturated carbocycles. The summed E-state index contributed by atoms with van der Waals surface area (Å²) in [5.41, 5.74) is 0. The summed E-state index contributed by atoms with van der Waals surface area (Å²) < 4.78 is 7.88. The van der Waals surface area contributed by atoms with Crippen LogP contribution in [0.25, 0.3) is 0 Å². The maximum absolute atomic E-state index is 8.12. The van der Waals surface area contributed by atoms with E-state index in [1.807, 2.05) is 13.8 Å². The Bertz CT molecular complexity index is 40.5. The molecule has 0 aliphatic heterocycles. The molecule has 0 aromatic rings. The van der Waals surface area contributed by atoms with E-state index in [0.29, 0.717) is 0 Å². The van der Waals surface area contributed by atoms with Crippen LogP contribution in [0.5, 0.6) is 0 Å². The number of rotatable bonds is 0. The fourth-order valence-electron chi connectivity index (χ4n) is 0. The van der Waals surface area contributed by atoms with Crippen LogP contribution in [-0.2, 0) is 28.9 Å². The summed E-state index contributed by atoms with van der Waals surface area (Å²) >= 11 is 2.62. The summed E-state index contributed by atoms with van der Waals surface area (Å²) in [6, 6.07) is 0. The quantitative estimate of drug-likeness (QED) is 0.392. The molecule has 0 radical (unpaired) electrons. The first-order valence-electron chi connectivity index (χ1n) is 1.54. The van der Waals surface area contributed by atoms with E-state index >= 15 is 0 Å². The number of hydrogen-bond donors (Lipinski definition) is 0. The maximum atomic E-state index is 8.12. The molecule has 0 aromatic heterocycles. The predicted octanol–water partition coefficient (Wildman–Crippen LogP) is 0.772. The Labute approximate surface area is 57.0 Å². The van der Waals surface area contributed by atoms with Gasteiger partial charge in [-0.25, -0.2) is 0 Å². The molecule has 0 amide bonds. The molecular weight excluding hydrogens is 155 g/mol. The van der Waals surface area contributed by atoms with Gasteiger partial charge >= 0.3 is 25.4 Å². The second kappa shape index (κ2) is 474. The molecule has 0 N–H and O–H groups in total. The molecule has 0 spiro atoms. The van der Waals surface area contributed by atoms with E-state index < -0.39 is 0 Å². The van der Waals surface area contributed by atoms with Gasteiger partial charge in [-0.1, -0.05) is 13.8 Å². The van der Waals surface area contributed by atoms with E-state index in [0.717, 1.165) is 0 Å². The molecular formula is C4H9NiO3-. The Kier molecular flexibility index (Phi) is 1500. The third kappa shape index (κ3) is 1160. The standard InChI is InChI=1S/C2H6.CO2.CH3.Ni.O/c1-2;2-1-3;;;/h1-2H3;;1H3;;/q;;-1;;. The predicted molar refractivity (Wildman–Crippen MR) is 23.5 cm³/mol. The zero-order chi connectivity index (χ0) is 6.71. The number of hydrogen-bond acceptors (Lipinski definition) is 3. The Balaban J connectivity index is -0.0000000147. The van der Waals surface area contributed by atoms with E-state index in [1.54, 1.807) is 0 Å². The van der Waals surface area contributed by atoms with E-state index in [1.165, 1.54) is 0 Å². The summed E-state index contributed by atoms with van der Waals surface area (Å²) in [5, 5.41) is 0. The molecule has 0 atom stereocenters. The van der Waals surface area contributed by atoms with Crippen LogP contribution in [-0.4, -0.2) is 6.15 Å². The van der Waals surface area contributed by atoms with Crippen LogP contribution >= 0.6 is 0 Å². The van der Waals surface area contributed by atoms with Crippen LogP contribution in [0.1, 0.15) is 13.8 Å². The SMILES string of the molecule is CC.O=C=O.[CH3-].[O]=[Ni]. The summed E-state index contributed by atoms with van der Waals surface area (Å²) in [4.78, 5) is 16.2. The molecule has 0 heterocycles.